The molecule has 1 atom stereocenters. The zero-order valence-corrected chi connectivity index (χ0v) is 10.2. The second kappa shape index (κ2) is 4.33. The van der Waals surface area contributed by atoms with Crippen LogP contribution in [0, 0.1) is 0 Å². The molecule has 17 heavy (non-hydrogen) atoms. The van der Waals surface area contributed by atoms with Crippen LogP contribution in [-0.2, 0) is 12.8 Å². The maximum absolute atomic E-state index is 4.63. The van der Waals surface area contributed by atoms with Crippen LogP contribution in [0.4, 0.5) is 0 Å². The summed E-state index contributed by atoms with van der Waals surface area (Å²) in [6.45, 7) is 2.26. The summed E-state index contributed by atoms with van der Waals surface area (Å²) in [5.74, 6) is 0.477. The highest BCUT2D eigenvalue weighted by atomic mass is 14.7. The van der Waals surface area contributed by atoms with E-state index in [1.807, 2.05) is 6.20 Å². The molecule has 0 saturated carbocycles. The van der Waals surface area contributed by atoms with Gasteiger partial charge in [-0.25, -0.2) is 0 Å². The van der Waals surface area contributed by atoms with Crippen LogP contribution < -0.4 is 0 Å². The van der Waals surface area contributed by atoms with Gasteiger partial charge in [0, 0.05) is 12.1 Å². The van der Waals surface area contributed by atoms with E-state index in [0.29, 0.717) is 5.92 Å². The Morgan fingerprint density at radius 2 is 1.82 bits per heavy atom. The summed E-state index contributed by atoms with van der Waals surface area (Å²) < 4.78 is 0. The molecule has 0 bridgehead atoms. The van der Waals surface area contributed by atoms with Crippen LogP contribution in [0.1, 0.15) is 41.6 Å². The fraction of sp³-hybridized carbons (Fsp3) is 0.312. The SMILES string of the molecule is CC[C@@H]1c2ccccc2CCc2cccnc21. The van der Waals surface area contributed by atoms with Crippen LogP contribution in [0.3, 0.4) is 0 Å². The monoisotopic (exact) mass is 223 g/mol. The minimum atomic E-state index is 0.477. The van der Waals surface area contributed by atoms with E-state index in [-0.39, 0.29) is 0 Å². The van der Waals surface area contributed by atoms with Gasteiger partial charge >= 0.3 is 0 Å². The molecule has 0 N–H and O–H groups in total. The second-order valence-corrected chi connectivity index (χ2v) is 4.71. The van der Waals surface area contributed by atoms with E-state index in [1.54, 1.807) is 0 Å². The van der Waals surface area contributed by atoms with Gasteiger partial charge in [-0.1, -0.05) is 37.3 Å². The van der Waals surface area contributed by atoms with Gasteiger partial charge in [0.25, 0.3) is 0 Å². The molecule has 0 amide bonds. The van der Waals surface area contributed by atoms with Crippen molar-refractivity contribution in [1.82, 2.24) is 4.98 Å². The van der Waals surface area contributed by atoms with Crippen molar-refractivity contribution < 1.29 is 0 Å². The number of aryl methyl sites for hydroxylation is 2. The molecule has 0 saturated heterocycles. The van der Waals surface area contributed by atoms with E-state index < -0.39 is 0 Å². The molecular weight excluding hydrogens is 206 g/mol. The number of benzene rings is 1. The zero-order valence-electron chi connectivity index (χ0n) is 10.2. The van der Waals surface area contributed by atoms with Crippen LogP contribution in [0.15, 0.2) is 42.6 Å². The Balaban J connectivity index is 2.19. The summed E-state index contributed by atoms with van der Waals surface area (Å²) in [6.07, 6.45) is 5.32. The minimum absolute atomic E-state index is 0.477. The maximum Gasteiger partial charge on any atom is 0.0510 e. The van der Waals surface area contributed by atoms with E-state index in [0.717, 1.165) is 19.3 Å². The van der Waals surface area contributed by atoms with Gasteiger partial charge in [0.1, 0.15) is 0 Å². The van der Waals surface area contributed by atoms with Crippen LogP contribution in [0.2, 0.25) is 0 Å². The molecular formula is C16H17N. The lowest BCUT2D eigenvalue weighted by atomic mass is 9.89. The van der Waals surface area contributed by atoms with E-state index in [9.17, 15) is 0 Å². The van der Waals surface area contributed by atoms with Gasteiger partial charge in [0.05, 0.1) is 5.69 Å². The fourth-order valence-electron chi connectivity index (χ4n) is 2.91. The fourth-order valence-corrected chi connectivity index (χ4v) is 2.91. The Labute approximate surface area is 103 Å². The van der Waals surface area contributed by atoms with E-state index in [4.69, 9.17) is 0 Å². The molecule has 1 aliphatic carbocycles. The number of hydrogen-bond acceptors (Lipinski definition) is 1. The molecule has 1 heteroatoms. The van der Waals surface area contributed by atoms with Crippen molar-refractivity contribution in [3.05, 3.63) is 65.0 Å². The molecule has 1 aliphatic rings. The number of aromatic nitrogens is 1. The Bertz CT molecular complexity index is 483. The van der Waals surface area contributed by atoms with Crippen molar-refractivity contribution in [2.24, 2.45) is 0 Å². The van der Waals surface area contributed by atoms with Crippen LogP contribution in [0.5, 0.6) is 0 Å². The van der Waals surface area contributed by atoms with Crippen LogP contribution in [-0.4, -0.2) is 4.98 Å². The topological polar surface area (TPSA) is 12.9 Å². The molecule has 1 heterocycles. The third-order valence-electron chi connectivity index (χ3n) is 3.76. The third-order valence-corrected chi connectivity index (χ3v) is 3.76. The first-order valence-electron chi connectivity index (χ1n) is 6.41. The van der Waals surface area contributed by atoms with Crippen molar-refractivity contribution in [3.63, 3.8) is 0 Å². The lowest BCUT2D eigenvalue weighted by Crippen LogP contribution is -2.04. The molecule has 1 nitrogen and oxygen atoms in total. The minimum Gasteiger partial charge on any atom is -0.260 e. The van der Waals surface area contributed by atoms with Crippen molar-refractivity contribution in [2.45, 2.75) is 32.1 Å². The van der Waals surface area contributed by atoms with Crippen molar-refractivity contribution in [2.75, 3.05) is 0 Å². The van der Waals surface area contributed by atoms with E-state index in [2.05, 4.69) is 48.3 Å². The predicted molar refractivity (Wildman–Crippen MR) is 70.2 cm³/mol. The third kappa shape index (κ3) is 1.76. The molecule has 0 aliphatic heterocycles. The molecule has 0 fully saturated rings. The van der Waals surface area contributed by atoms with E-state index >= 15 is 0 Å². The van der Waals surface area contributed by atoms with E-state index in [1.165, 1.54) is 22.4 Å². The van der Waals surface area contributed by atoms with Gasteiger partial charge in [-0.2, -0.15) is 0 Å². The largest absolute Gasteiger partial charge is 0.260 e. The van der Waals surface area contributed by atoms with Crippen molar-refractivity contribution in [3.8, 4) is 0 Å². The molecule has 2 aromatic rings. The van der Waals surface area contributed by atoms with Crippen molar-refractivity contribution >= 4 is 0 Å². The maximum atomic E-state index is 4.63. The summed E-state index contributed by atoms with van der Waals surface area (Å²) in [5, 5.41) is 0. The molecule has 3 rings (SSSR count). The van der Waals surface area contributed by atoms with Crippen molar-refractivity contribution in [1.29, 1.82) is 0 Å². The smallest absolute Gasteiger partial charge is 0.0510 e. The molecule has 0 radical (unpaired) electrons. The highest BCUT2D eigenvalue weighted by molar-refractivity contribution is 5.41. The van der Waals surface area contributed by atoms with Gasteiger partial charge in [0.15, 0.2) is 0 Å². The lowest BCUT2D eigenvalue weighted by molar-refractivity contribution is 0.744. The number of fused-ring (bicyclic) bond motifs is 2. The summed E-state index contributed by atoms with van der Waals surface area (Å²) in [4.78, 5) is 4.63. The average molecular weight is 223 g/mol. The summed E-state index contributed by atoms with van der Waals surface area (Å²) in [6, 6.07) is 13.1. The standard InChI is InChI=1S/C16H17N/c1-2-14-15-8-4-3-6-12(15)9-10-13-7-5-11-17-16(13)14/h3-8,11,14H,2,9-10H2,1H3/t14-/m1/s1. The van der Waals surface area contributed by atoms with Gasteiger partial charge in [-0.3, -0.25) is 4.98 Å². The number of nitrogens with zero attached hydrogens (tertiary/aromatic N) is 1. The first-order chi connectivity index (χ1) is 8.40. The van der Waals surface area contributed by atoms with Crippen LogP contribution in [0.25, 0.3) is 0 Å². The first-order valence-corrected chi connectivity index (χ1v) is 6.41. The van der Waals surface area contributed by atoms with Gasteiger partial charge in [0.2, 0.25) is 0 Å². The Kier molecular flexibility index (Phi) is 2.68. The normalized spacial score (nSPS) is 18.1. The number of hydrogen-bond donors (Lipinski definition) is 0. The highest BCUT2D eigenvalue weighted by Gasteiger charge is 2.22. The lowest BCUT2D eigenvalue weighted by Gasteiger charge is -2.17. The van der Waals surface area contributed by atoms with Gasteiger partial charge in [-0.15, -0.1) is 0 Å². The number of pyridine rings is 1. The summed E-state index contributed by atoms with van der Waals surface area (Å²) in [7, 11) is 0. The first kappa shape index (κ1) is 10.5. The zero-order chi connectivity index (χ0) is 11.7. The average Bonchev–Trinajstić information content (AvgIpc) is 2.55. The summed E-state index contributed by atoms with van der Waals surface area (Å²) in [5.41, 5.74) is 5.69. The Morgan fingerprint density at radius 3 is 2.71 bits per heavy atom. The molecule has 1 aromatic carbocycles. The van der Waals surface area contributed by atoms with Crippen LogP contribution >= 0.6 is 0 Å². The second-order valence-electron chi connectivity index (χ2n) is 4.71. The van der Waals surface area contributed by atoms with Gasteiger partial charge < -0.3 is 0 Å². The predicted octanol–water partition coefficient (Wildman–Crippen LogP) is 3.72. The Hall–Kier alpha value is -1.63. The Morgan fingerprint density at radius 1 is 1.06 bits per heavy atom. The molecule has 0 spiro atoms. The van der Waals surface area contributed by atoms with Gasteiger partial charge in [-0.05, 0) is 42.0 Å². The summed E-state index contributed by atoms with van der Waals surface area (Å²) >= 11 is 0. The molecule has 86 valence electrons. The molecule has 0 unspecified atom stereocenters. The highest BCUT2D eigenvalue weighted by Crippen LogP contribution is 2.34. The molecule has 1 aromatic heterocycles. The quantitative estimate of drug-likeness (QED) is 0.718. The number of rotatable bonds is 1.